The summed E-state index contributed by atoms with van der Waals surface area (Å²) in [5.74, 6) is -1.96. The summed E-state index contributed by atoms with van der Waals surface area (Å²) in [4.78, 5) is 18.2. The molecule has 0 aromatic heterocycles. The molecule has 8 heteroatoms. The van der Waals surface area contributed by atoms with E-state index in [0.29, 0.717) is 5.92 Å². The topological polar surface area (TPSA) is 110 Å². The lowest BCUT2D eigenvalue weighted by Crippen LogP contribution is -2.09. The van der Waals surface area contributed by atoms with E-state index in [2.05, 4.69) is 31.9 Å². The van der Waals surface area contributed by atoms with Gasteiger partial charge in [0.05, 0.1) is 11.1 Å². The van der Waals surface area contributed by atoms with Gasteiger partial charge in [0.1, 0.15) is 5.75 Å². The van der Waals surface area contributed by atoms with Crippen molar-refractivity contribution in [2.24, 2.45) is 5.73 Å². The van der Waals surface area contributed by atoms with Crippen molar-refractivity contribution in [3.05, 3.63) is 25.6 Å². The Morgan fingerprint density at radius 1 is 1.13 bits per heavy atom. The van der Waals surface area contributed by atoms with Gasteiger partial charge in [-0.1, -0.05) is 0 Å². The van der Waals surface area contributed by atoms with Crippen LogP contribution in [0.15, 0.2) is 8.95 Å². The second kappa shape index (κ2) is 7.63. The maximum absolute atomic E-state index is 9.10. The Hall–Kier alpha value is -1.12. The van der Waals surface area contributed by atoms with Crippen LogP contribution in [0, 0.1) is 0 Å². The molecular formula is C15H17Br2NO5. The Bertz CT molecular complexity index is 635. The number of benzene rings is 1. The molecule has 6 nitrogen and oxygen atoms in total. The SMILES string of the molecule is NCC[C@@H]1CCc2c(Br)c(Br)c3c(c21)CCO3.O=C(O)C(=O)O. The first kappa shape index (κ1) is 18.2. The molecule has 23 heavy (non-hydrogen) atoms. The molecule has 0 fully saturated rings. The summed E-state index contributed by atoms with van der Waals surface area (Å²) in [6.07, 6.45) is 4.53. The number of carboxylic acid groups (broad SMARTS) is 2. The normalized spacial score (nSPS) is 17.6. The number of nitrogens with two attached hydrogens (primary N) is 1. The summed E-state index contributed by atoms with van der Waals surface area (Å²) >= 11 is 7.35. The van der Waals surface area contributed by atoms with Crippen molar-refractivity contribution in [2.75, 3.05) is 13.2 Å². The van der Waals surface area contributed by atoms with Crippen molar-refractivity contribution in [1.29, 1.82) is 0 Å². The number of hydrogen-bond acceptors (Lipinski definition) is 4. The molecule has 3 rings (SSSR count). The Balaban J connectivity index is 0.000000277. The lowest BCUT2D eigenvalue weighted by atomic mass is 9.92. The lowest BCUT2D eigenvalue weighted by molar-refractivity contribution is -0.159. The molecule has 1 aliphatic carbocycles. The summed E-state index contributed by atoms with van der Waals surface area (Å²) in [5.41, 5.74) is 10.1. The first-order valence-electron chi connectivity index (χ1n) is 7.20. The van der Waals surface area contributed by atoms with E-state index in [0.717, 1.165) is 42.6 Å². The van der Waals surface area contributed by atoms with Gasteiger partial charge in [0, 0.05) is 16.5 Å². The Kier molecular flexibility index (Phi) is 6.05. The number of carboxylic acids is 2. The predicted octanol–water partition coefficient (Wildman–Crippen LogP) is 2.68. The van der Waals surface area contributed by atoms with E-state index in [4.69, 9.17) is 30.3 Å². The predicted molar refractivity (Wildman–Crippen MR) is 91.0 cm³/mol. The van der Waals surface area contributed by atoms with Gasteiger partial charge in [0.2, 0.25) is 0 Å². The summed E-state index contributed by atoms with van der Waals surface area (Å²) in [7, 11) is 0. The lowest BCUT2D eigenvalue weighted by Gasteiger charge is -2.16. The van der Waals surface area contributed by atoms with Crippen molar-refractivity contribution in [3.63, 3.8) is 0 Å². The van der Waals surface area contributed by atoms with E-state index in [1.807, 2.05) is 0 Å². The maximum Gasteiger partial charge on any atom is 0.414 e. The molecule has 0 spiro atoms. The molecule has 0 bridgehead atoms. The molecule has 4 N–H and O–H groups in total. The number of rotatable bonds is 2. The molecule has 1 atom stereocenters. The van der Waals surface area contributed by atoms with Gasteiger partial charge in [-0.05, 0) is 74.7 Å². The molecule has 1 aromatic carbocycles. The van der Waals surface area contributed by atoms with Gasteiger partial charge in [0.15, 0.2) is 0 Å². The number of hydrogen-bond donors (Lipinski definition) is 3. The quantitative estimate of drug-likeness (QED) is 0.597. The van der Waals surface area contributed by atoms with E-state index in [1.165, 1.54) is 27.6 Å². The van der Waals surface area contributed by atoms with Crippen LogP contribution in [-0.2, 0) is 22.4 Å². The standard InChI is InChI=1S/C13H15Br2NO.C2H2O4/c14-11-8-2-1-7(3-5-16)10(8)9-4-6-17-13(9)12(11)15;3-1(4)2(5)6/h7H,1-6,16H2;(H,3,4)(H,5,6)/t7-;/m0./s1. The molecule has 0 saturated carbocycles. The minimum Gasteiger partial charge on any atom is -0.492 e. The fourth-order valence-electron chi connectivity index (χ4n) is 3.13. The van der Waals surface area contributed by atoms with Crippen molar-refractivity contribution in [3.8, 4) is 5.75 Å². The van der Waals surface area contributed by atoms with E-state index in [1.54, 1.807) is 0 Å². The van der Waals surface area contributed by atoms with Gasteiger partial charge in [0.25, 0.3) is 0 Å². The first-order chi connectivity index (χ1) is 10.9. The highest BCUT2D eigenvalue weighted by Crippen LogP contribution is 2.50. The molecule has 0 saturated heterocycles. The molecular weight excluding hydrogens is 434 g/mol. The van der Waals surface area contributed by atoms with Crippen LogP contribution in [-0.4, -0.2) is 35.3 Å². The van der Waals surface area contributed by atoms with Gasteiger partial charge in [-0.3, -0.25) is 0 Å². The Labute approximate surface area is 150 Å². The summed E-state index contributed by atoms with van der Waals surface area (Å²) in [5, 5.41) is 14.8. The smallest absolute Gasteiger partial charge is 0.414 e. The van der Waals surface area contributed by atoms with Crippen molar-refractivity contribution in [2.45, 2.75) is 31.6 Å². The number of ether oxygens (including phenoxy) is 1. The van der Waals surface area contributed by atoms with Gasteiger partial charge in [-0.2, -0.15) is 0 Å². The second-order valence-corrected chi connectivity index (χ2v) is 6.94. The first-order valence-corrected chi connectivity index (χ1v) is 8.78. The van der Waals surface area contributed by atoms with Crippen molar-refractivity contribution < 1.29 is 24.5 Å². The summed E-state index contributed by atoms with van der Waals surface area (Å²) in [6, 6.07) is 0. The van der Waals surface area contributed by atoms with Gasteiger partial charge >= 0.3 is 11.9 Å². The van der Waals surface area contributed by atoms with E-state index in [-0.39, 0.29) is 0 Å². The average Bonchev–Trinajstić information content (AvgIpc) is 3.12. The monoisotopic (exact) mass is 449 g/mol. The van der Waals surface area contributed by atoms with Gasteiger partial charge in [-0.25, -0.2) is 9.59 Å². The average molecular weight is 451 g/mol. The zero-order valence-corrected chi connectivity index (χ0v) is 15.4. The Morgan fingerprint density at radius 2 is 1.78 bits per heavy atom. The zero-order valence-electron chi connectivity index (χ0n) is 12.3. The third-order valence-corrected chi connectivity index (χ3v) is 6.19. The van der Waals surface area contributed by atoms with Crippen LogP contribution < -0.4 is 10.5 Å². The summed E-state index contributed by atoms with van der Waals surface area (Å²) < 4.78 is 8.04. The van der Waals surface area contributed by atoms with Crippen LogP contribution in [0.2, 0.25) is 0 Å². The van der Waals surface area contributed by atoms with Crippen LogP contribution in [0.4, 0.5) is 0 Å². The highest BCUT2D eigenvalue weighted by Gasteiger charge is 2.33. The zero-order chi connectivity index (χ0) is 17.1. The molecule has 0 unspecified atom stereocenters. The van der Waals surface area contributed by atoms with Crippen molar-refractivity contribution in [1.82, 2.24) is 0 Å². The largest absolute Gasteiger partial charge is 0.492 e. The third kappa shape index (κ3) is 3.70. The highest BCUT2D eigenvalue weighted by atomic mass is 79.9. The molecule has 1 aromatic rings. The molecule has 1 heterocycles. The van der Waals surface area contributed by atoms with Crippen LogP contribution in [0.1, 0.15) is 35.4 Å². The third-order valence-electron chi connectivity index (χ3n) is 4.03. The second-order valence-electron chi connectivity index (χ2n) is 5.35. The minimum atomic E-state index is -1.82. The Morgan fingerprint density at radius 3 is 2.35 bits per heavy atom. The maximum atomic E-state index is 9.10. The van der Waals surface area contributed by atoms with E-state index < -0.39 is 11.9 Å². The van der Waals surface area contributed by atoms with Gasteiger partial charge in [-0.15, -0.1) is 0 Å². The minimum absolute atomic E-state index is 0.634. The molecule has 0 radical (unpaired) electrons. The van der Waals surface area contributed by atoms with E-state index >= 15 is 0 Å². The number of halogens is 2. The molecule has 126 valence electrons. The van der Waals surface area contributed by atoms with E-state index in [9.17, 15) is 0 Å². The highest BCUT2D eigenvalue weighted by molar-refractivity contribution is 9.13. The molecule has 0 amide bonds. The number of fused-ring (bicyclic) bond motifs is 3. The van der Waals surface area contributed by atoms with Gasteiger partial charge < -0.3 is 20.7 Å². The fourth-order valence-corrected chi connectivity index (χ4v) is 4.32. The van der Waals surface area contributed by atoms with Crippen molar-refractivity contribution >= 4 is 43.8 Å². The number of aliphatic carboxylic acids is 2. The fraction of sp³-hybridized carbons (Fsp3) is 0.467. The molecule has 1 aliphatic heterocycles. The summed E-state index contributed by atoms with van der Waals surface area (Å²) in [6.45, 7) is 1.58. The van der Waals surface area contributed by atoms with Crippen LogP contribution in [0.3, 0.4) is 0 Å². The number of carbonyl (C=O) groups is 2. The molecule has 2 aliphatic rings. The van der Waals surface area contributed by atoms with Crippen LogP contribution >= 0.6 is 31.9 Å². The van der Waals surface area contributed by atoms with Crippen LogP contribution in [0.5, 0.6) is 5.75 Å². The van der Waals surface area contributed by atoms with Crippen LogP contribution in [0.25, 0.3) is 0 Å².